The van der Waals surface area contributed by atoms with Gasteiger partial charge in [0.2, 0.25) is 0 Å². The maximum atomic E-state index is 12.9. The molecular weight excluding hydrogens is 268 g/mol. The fourth-order valence-corrected chi connectivity index (χ4v) is 2.09. The van der Waals surface area contributed by atoms with E-state index < -0.39 is 0 Å². The third kappa shape index (κ3) is 2.47. The zero-order valence-corrected chi connectivity index (χ0v) is 10.00. The first kappa shape index (κ1) is 12.0. The molecule has 14 heavy (non-hydrogen) atoms. The Morgan fingerprint density at radius 2 is 2.21 bits per heavy atom. The first-order chi connectivity index (χ1) is 6.27. The maximum Gasteiger partial charge on any atom is 0.137 e. The van der Waals surface area contributed by atoms with Crippen molar-refractivity contribution < 1.29 is 4.39 Å². The third-order valence-electron chi connectivity index (χ3n) is 2.41. The zero-order valence-electron chi connectivity index (χ0n) is 7.59. The fraction of sp³-hybridized carbons (Fsp3) is 0.400. The standard InChI is InChI=1S/C10H11BrFN.ClH/c11-8-6-7(3-4-9(8)12)10-2-1-5-13-10;/h3-4,6,10,13H,1-2,5H2;1H/t10-;/m0./s1. The molecule has 1 aromatic rings. The molecule has 4 heteroatoms. The van der Waals surface area contributed by atoms with Crippen molar-refractivity contribution in [3.8, 4) is 0 Å². The van der Waals surface area contributed by atoms with Gasteiger partial charge in [0, 0.05) is 6.04 Å². The summed E-state index contributed by atoms with van der Waals surface area (Å²) in [6.45, 7) is 1.07. The second-order valence-electron chi connectivity index (χ2n) is 3.32. The molecule has 0 saturated carbocycles. The molecule has 1 aromatic carbocycles. The van der Waals surface area contributed by atoms with Crippen LogP contribution < -0.4 is 5.32 Å². The molecule has 1 atom stereocenters. The molecular formula is C10H12BrClFN. The van der Waals surface area contributed by atoms with Crippen molar-refractivity contribution in [3.63, 3.8) is 0 Å². The van der Waals surface area contributed by atoms with Gasteiger partial charge in [0.1, 0.15) is 5.82 Å². The van der Waals surface area contributed by atoms with Gasteiger partial charge in [-0.05, 0) is 53.0 Å². The lowest BCUT2D eigenvalue weighted by Gasteiger charge is -2.10. The summed E-state index contributed by atoms with van der Waals surface area (Å²) in [5, 5.41) is 3.38. The molecule has 0 radical (unpaired) electrons. The van der Waals surface area contributed by atoms with Crippen LogP contribution >= 0.6 is 28.3 Å². The van der Waals surface area contributed by atoms with Crippen LogP contribution in [0.15, 0.2) is 22.7 Å². The van der Waals surface area contributed by atoms with Crippen LogP contribution in [0.5, 0.6) is 0 Å². The maximum absolute atomic E-state index is 12.9. The van der Waals surface area contributed by atoms with Gasteiger partial charge < -0.3 is 5.32 Å². The van der Waals surface area contributed by atoms with Crippen LogP contribution in [0.2, 0.25) is 0 Å². The third-order valence-corrected chi connectivity index (χ3v) is 3.01. The Morgan fingerprint density at radius 1 is 1.43 bits per heavy atom. The van der Waals surface area contributed by atoms with Gasteiger partial charge in [0.05, 0.1) is 4.47 Å². The minimum absolute atomic E-state index is 0. The summed E-state index contributed by atoms with van der Waals surface area (Å²) in [7, 11) is 0. The van der Waals surface area contributed by atoms with Crippen molar-refractivity contribution in [2.75, 3.05) is 6.54 Å². The number of rotatable bonds is 1. The van der Waals surface area contributed by atoms with Crippen LogP contribution in [-0.2, 0) is 0 Å². The van der Waals surface area contributed by atoms with Crippen LogP contribution in [0.4, 0.5) is 4.39 Å². The SMILES string of the molecule is Cl.Fc1ccc([C@@H]2CCCN2)cc1Br. The van der Waals surface area contributed by atoms with E-state index in [0.717, 1.165) is 13.0 Å². The monoisotopic (exact) mass is 279 g/mol. The summed E-state index contributed by atoms with van der Waals surface area (Å²) in [4.78, 5) is 0. The first-order valence-corrected chi connectivity index (χ1v) is 5.25. The van der Waals surface area contributed by atoms with Gasteiger partial charge in [-0.15, -0.1) is 12.4 Å². The molecule has 1 heterocycles. The van der Waals surface area contributed by atoms with Crippen LogP contribution in [0.3, 0.4) is 0 Å². The number of benzene rings is 1. The van der Waals surface area contributed by atoms with Gasteiger partial charge >= 0.3 is 0 Å². The Hall–Kier alpha value is -0.120. The van der Waals surface area contributed by atoms with E-state index >= 15 is 0 Å². The van der Waals surface area contributed by atoms with Crippen molar-refractivity contribution in [2.45, 2.75) is 18.9 Å². The van der Waals surface area contributed by atoms with E-state index in [1.165, 1.54) is 18.1 Å². The van der Waals surface area contributed by atoms with Crippen molar-refractivity contribution in [1.82, 2.24) is 5.32 Å². The normalized spacial score (nSPS) is 20.6. The summed E-state index contributed by atoms with van der Waals surface area (Å²) in [6, 6.07) is 5.64. The predicted molar refractivity (Wildman–Crippen MR) is 61.3 cm³/mol. The molecule has 1 N–H and O–H groups in total. The molecule has 0 aliphatic carbocycles. The number of hydrogen-bond acceptors (Lipinski definition) is 1. The molecule has 0 bridgehead atoms. The van der Waals surface area contributed by atoms with Gasteiger partial charge in [-0.3, -0.25) is 0 Å². The predicted octanol–water partition coefficient (Wildman–Crippen LogP) is 3.43. The van der Waals surface area contributed by atoms with E-state index in [-0.39, 0.29) is 18.2 Å². The molecule has 2 rings (SSSR count). The molecule has 0 amide bonds. The van der Waals surface area contributed by atoms with Gasteiger partial charge in [0.25, 0.3) is 0 Å². The van der Waals surface area contributed by atoms with Crippen molar-refractivity contribution in [3.05, 3.63) is 34.1 Å². The number of nitrogens with one attached hydrogen (secondary N) is 1. The Balaban J connectivity index is 0.000000980. The molecule has 0 spiro atoms. The molecule has 1 saturated heterocycles. The average molecular weight is 281 g/mol. The summed E-state index contributed by atoms with van der Waals surface area (Å²) >= 11 is 3.19. The summed E-state index contributed by atoms with van der Waals surface area (Å²) in [5.74, 6) is -0.193. The largest absolute Gasteiger partial charge is 0.310 e. The lowest BCUT2D eigenvalue weighted by Crippen LogP contribution is -2.12. The lowest BCUT2D eigenvalue weighted by molar-refractivity contribution is 0.611. The van der Waals surface area contributed by atoms with Gasteiger partial charge in [-0.2, -0.15) is 0 Å². The Kier molecular flexibility index (Phi) is 4.35. The Bertz CT molecular complexity index is 313. The smallest absolute Gasteiger partial charge is 0.137 e. The van der Waals surface area contributed by atoms with Gasteiger partial charge in [0.15, 0.2) is 0 Å². The summed E-state index contributed by atoms with van der Waals surface area (Å²) in [6.07, 6.45) is 2.36. The Morgan fingerprint density at radius 3 is 2.79 bits per heavy atom. The minimum atomic E-state index is -0.193. The van der Waals surface area contributed by atoms with Crippen LogP contribution in [0.25, 0.3) is 0 Å². The van der Waals surface area contributed by atoms with Gasteiger partial charge in [-0.25, -0.2) is 4.39 Å². The molecule has 1 aliphatic rings. The lowest BCUT2D eigenvalue weighted by atomic mass is 10.1. The van der Waals surface area contributed by atoms with E-state index in [1.807, 2.05) is 12.1 Å². The molecule has 1 fully saturated rings. The van der Waals surface area contributed by atoms with Gasteiger partial charge in [-0.1, -0.05) is 6.07 Å². The average Bonchev–Trinajstić information content (AvgIpc) is 2.62. The topological polar surface area (TPSA) is 12.0 Å². The summed E-state index contributed by atoms with van der Waals surface area (Å²) in [5.41, 5.74) is 1.17. The van der Waals surface area contributed by atoms with E-state index in [0.29, 0.717) is 10.5 Å². The minimum Gasteiger partial charge on any atom is -0.310 e. The Labute approximate surface area is 97.6 Å². The van der Waals surface area contributed by atoms with E-state index in [9.17, 15) is 4.39 Å². The number of halogens is 3. The second kappa shape index (κ2) is 5.10. The van der Waals surface area contributed by atoms with Crippen LogP contribution in [0, 0.1) is 5.82 Å². The highest BCUT2D eigenvalue weighted by atomic mass is 79.9. The van der Waals surface area contributed by atoms with Crippen molar-refractivity contribution in [2.24, 2.45) is 0 Å². The highest BCUT2D eigenvalue weighted by molar-refractivity contribution is 9.10. The quantitative estimate of drug-likeness (QED) is 0.831. The molecule has 78 valence electrons. The fourth-order valence-electron chi connectivity index (χ4n) is 1.70. The van der Waals surface area contributed by atoms with E-state index in [2.05, 4.69) is 21.2 Å². The van der Waals surface area contributed by atoms with Crippen LogP contribution in [-0.4, -0.2) is 6.54 Å². The molecule has 1 nitrogen and oxygen atoms in total. The molecule has 0 unspecified atom stereocenters. The number of hydrogen-bond donors (Lipinski definition) is 1. The molecule has 1 aliphatic heterocycles. The van der Waals surface area contributed by atoms with Crippen molar-refractivity contribution >= 4 is 28.3 Å². The highest BCUT2D eigenvalue weighted by Crippen LogP contribution is 2.26. The van der Waals surface area contributed by atoms with E-state index in [1.54, 1.807) is 0 Å². The molecule has 0 aromatic heterocycles. The van der Waals surface area contributed by atoms with E-state index in [4.69, 9.17) is 0 Å². The van der Waals surface area contributed by atoms with Crippen molar-refractivity contribution in [1.29, 1.82) is 0 Å². The first-order valence-electron chi connectivity index (χ1n) is 4.46. The second-order valence-corrected chi connectivity index (χ2v) is 4.18. The highest BCUT2D eigenvalue weighted by Gasteiger charge is 2.16. The van der Waals surface area contributed by atoms with Crippen LogP contribution in [0.1, 0.15) is 24.4 Å². The summed E-state index contributed by atoms with van der Waals surface area (Å²) < 4.78 is 13.5. The zero-order chi connectivity index (χ0) is 9.26.